The molecule has 1 aromatic heterocycles. The summed E-state index contributed by atoms with van der Waals surface area (Å²) in [6, 6.07) is 5.52. The first-order valence-corrected chi connectivity index (χ1v) is 5.10. The van der Waals surface area contributed by atoms with Gasteiger partial charge in [0.05, 0.1) is 12.0 Å². The molecule has 0 fully saturated rings. The van der Waals surface area contributed by atoms with E-state index in [0.717, 1.165) is 10.2 Å². The molecular weight excluding hydrogens is 256 g/mol. The first-order chi connectivity index (χ1) is 7.18. The SMILES string of the molecule is N=C(N)c1ccc(-n2ccnc2)c(Br)c1. The largest absolute Gasteiger partial charge is 0.384 e. The molecule has 0 radical (unpaired) electrons. The minimum absolute atomic E-state index is 0.0629. The van der Waals surface area contributed by atoms with Gasteiger partial charge in [0, 0.05) is 22.4 Å². The zero-order valence-corrected chi connectivity index (χ0v) is 9.40. The van der Waals surface area contributed by atoms with E-state index in [0.29, 0.717) is 5.56 Å². The fraction of sp³-hybridized carbons (Fsp3) is 0. The lowest BCUT2D eigenvalue weighted by atomic mass is 10.2. The van der Waals surface area contributed by atoms with Crippen LogP contribution in [-0.2, 0) is 0 Å². The van der Waals surface area contributed by atoms with Crippen LogP contribution < -0.4 is 5.73 Å². The summed E-state index contributed by atoms with van der Waals surface area (Å²) >= 11 is 3.44. The second-order valence-corrected chi connectivity index (χ2v) is 3.90. The van der Waals surface area contributed by atoms with Crippen LogP contribution in [-0.4, -0.2) is 15.4 Å². The molecule has 2 rings (SSSR count). The predicted octanol–water partition coefficient (Wildman–Crippen LogP) is 1.92. The fourth-order valence-corrected chi connectivity index (χ4v) is 1.87. The number of rotatable bonds is 2. The van der Waals surface area contributed by atoms with Gasteiger partial charge in [-0.05, 0) is 34.1 Å². The number of amidine groups is 1. The lowest BCUT2D eigenvalue weighted by molar-refractivity contribution is 1.05. The molecule has 1 heterocycles. The van der Waals surface area contributed by atoms with Gasteiger partial charge in [0.15, 0.2) is 0 Å². The number of nitrogens with zero attached hydrogens (tertiary/aromatic N) is 2. The molecule has 0 aliphatic rings. The summed E-state index contributed by atoms with van der Waals surface area (Å²) in [6.45, 7) is 0. The summed E-state index contributed by atoms with van der Waals surface area (Å²) in [4.78, 5) is 3.97. The predicted molar refractivity (Wildman–Crippen MR) is 62.3 cm³/mol. The number of hydrogen-bond donors (Lipinski definition) is 2. The van der Waals surface area contributed by atoms with Crippen LogP contribution in [0.25, 0.3) is 5.69 Å². The van der Waals surface area contributed by atoms with E-state index in [-0.39, 0.29) is 5.84 Å². The quantitative estimate of drug-likeness (QED) is 0.643. The average molecular weight is 265 g/mol. The maximum Gasteiger partial charge on any atom is 0.122 e. The van der Waals surface area contributed by atoms with E-state index in [1.54, 1.807) is 12.5 Å². The van der Waals surface area contributed by atoms with Crippen LogP contribution in [0.3, 0.4) is 0 Å². The van der Waals surface area contributed by atoms with Crippen molar-refractivity contribution in [3.05, 3.63) is 47.0 Å². The number of nitrogens with two attached hydrogens (primary N) is 1. The Kier molecular flexibility index (Phi) is 2.55. The molecule has 0 saturated carbocycles. The van der Waals surface area contributed by atoms with Crippen molar-refractivity contribution < 1.29 is 0 Å². The molecule has 15 heavy (non-hydrogen) atoms. The number of halogens is 1. The number of aromatic nitrogens is 2. The van der Waals surface area contributed by atoms with Crippen molar-refractivity contribution in [2.24, 2.45) is 5.73 Å². The van der Waals surface area contributed by atoms with Crippen LogP contribution in [0.2, 0.25) is 0 Å². The maximum atomic E-state index is 7.31. The van der Waals surface area contributed by atoms with E-state index >= 15 is 0 Å². The van der Waals surface area contributed by atoms with E-state index in [1.807, 2.05) is 29.0 Å². The van der Waals surface area contributed by atoms with Gasteiger partial charge in [-0.25, -0.2) is 4.98 Å². The van der Waals surface area contributed by atoms with E-state index < -0.39 is 0 Å². The third-order valence-corrected chi connectivity index (χ3v) is 2.68. The number of imidazole rings is 1. The molecule has 2 aromatic rings. The van der Waals surface area contributed by atoms with Crippen molar-refractivity contribution in [1.82, 2.24) is 9.55 Å². The Morgan fingerprint density at radius 3 is 2.80 bits per heavy atom. The van der Waals surface area contributed by atoms with E-state index in [9.17, 15) is 0 Å². The van der Waals surface area contributed by atoms with Gasteiger partial charge in [0.2, 0.25) is 0 Å². The molecular formula is C10H9BrN4. The van der Waals surface area contributed by atoms with Gasteiger partial charge >= 0.3 is 0 Å². The maximum absolute atomic E-state index is 7.31. The Morgan fingerprint density at radius 1 is 1.47 bits per heavy atom. The molecule has 0 saturated heterocycles. The normalized spacial score (nSPS) is 10.2. The summed E-state index contributed by atoms with van der Waals surface area (Å²) < 4.78 is 2.77. The van der Waals surface area contributed by atoms with Crippen molar-refractivity contribution in [2.45, 2.75) is 0 Å². The summed E-state index contributed by atoms with van der Waals surface area (Å²) in [5, 5.41) is 7.31. The summed E-state index contributed by atoms with van der Waals surface area (Å²) in [6.07, 6.45) is 5.28. The fourth-order valence-electron chi connectivity index (χ4n) is 1.29. The van der Waals surface area contributed by atoms with Gasteiger partial charge in [0.25, 0.3) is 0 Å². The van der Waals surface area contributed by atoms with Crippen LogP contribution >= 0.6 is 15.9 Å². The van der Waals surface area contributed by atoms with E-state index in [2.05, 4.69) is 20.9 Å². The van der Waals surface area contributed by atoms with Crippen molar-refractivity contribution in [3.63, 3.8) is 0 Å². The van der Waals surface area contributed by atoms with Gasteiger partial charge in [-0.1, -0.05) is 0 Å². The molecule has 3 N–H and O–H groups in total. The van der Waals surface area contributed by atoms with Crippen molar-refractivity contribution >= 4 is 21.8 Å². The lowest BCUT2D eigenvalue weighted by Crippen LogP contribution is -2.11. The second kappa shape index (κ2) is 3.86. The number of hydrogen-bond acceptors (Lipinski definition) is 2. The van der Waals surface area contributed by atoms with Crippen LogP contribution in [0.5, 0.6) is 0 Å². The van der Waals surface area contributed by atoms with Crippen molar-refractivity contribution in [3.8, 4) is 5.69 Å². The molecule has 0 atom stereocenters. The molecule has 0 aliphatic heterocycles. The molecule has 0 spiro atoms. The Balaban J connectivity index is 2.48. The Hall–Kier alpha value is -1.62. The van der Waals surface area contributed by atoms with Crippen LogP contribution in [0.15, 0.2) is 41.4 Å². The van der Waals surface area contributed by atoms with Gasteiger partial charge in [-0.2, -0.15) is 0 Å². The van der Waals surface area contributed by atoms with Gasteiger partial charge in [-0.15, -0.1) is 0 Å². The van der Waals surface area contributed by atoms with Crippen LogP contribution in [0, 0.1) is 5.41 Å². The molecule has 5 heteroatoms. The van der Waals surface area contributed by atoms with E-state index in [4.69, 9.17) is 11.1 Å². The van der Waals surface area contributed by atoms with Crippen LogP contribution in [0.1, 0.15) is 5.56 Å². The van der Waals surface area contributed by atoms with E-state index in [1.165, 1.54) is 0 Å². The van der Waals surface area contributed by atoms with Gasteiger partial charge in [0.1, 0.15) is 5.84 Å². The number of nitrogens with one attached hydrogen (secondary N) is 1. The molecule has 0 aliphatic carbocycles. The van der Waals surface area contributed by atoms with Crippen molar-refractivity contribution in [2.75, 3.05) is 0 Å². The van der Waals surface area contributed by atoms with Crippen molar-refractivity contribution in [1.29, 1.82) is 5.41 Å². The number of benzene rings is 1. The first kappa shape index (κ1) is 9.92. The molecule has 0 bridgehead atoms. The zero-order valence-electron chi connectivity index (χ0n) is 7.81. The van der Waals surface area contributed by atoms with Crippen LogP contribution in [0.4, 0.5) is 0 Å². The average Bonchev–Trinajstić information content (AvgIpc) is 2.70. The third kappa shape index (κ3) is 1.92. The summed E-state index contributed by atoms with van der Waals surface area (Å²) in [5.41, 5.74) is 7.06. The minimum Gasteiger partial charge on any atom is -0.384 e. The zero-order chi connectivity index (χ0) is 10.8. The topological polar surface area (TPSA) is 67.7 Å². The molecule has 0 amide bonds. The van der Waals surface area contributed by atoms with Gasteiger partial charge in [-0.3, -0.25) is 5.41 Å². The monoisotopic (exact) mass is 264 g/mol. The Morgan fingerprint density at radius 2 is 2.27 bits per heavy atom. The Labute approximate surface area is 95.4 Å². The molecule has 76 valence electrons. The summed E-state index contributed by atoms with van der Waals surface area (Å²) in [5.74, 6) is 0.0629. The molecule has 0 unspecified atom stereocenters. The second-order valence-electron chi connectivity index (χ2n) is 3.05. The molecule has 4 nitrogen and oxygen atoms in total. The highest BCUT2D eigenvalue weighted by molar-refractivity contribution is 9.10. The highest BCUT2D eigenvalue weighted by atomic mass is 79.9. The highest BCUT2D eigenvalue weighted by Gasteiger charge is 2.04. The highest BCUT2D eigenvalue weighted by Crippen LogP contribution is 2.21. The lowest BCUT2D eigenvalue weighted by Gasteiger charge is -2.06. The summed E-state index contributed by atoms with van der Waals surface area (Å²) in [7, 11) is 0. The Bertz CT molecular complexity index is 490. The smallest absolute Gasteiger partial charge is 0.122 e. The third-order valence-electron chi connectivity index (χ3n) is 2.04. The number of nitrogen functional groups attached to an aromatic ring is 1. The first-order valence-electron chi connectivity index (χ1n) is 4.31. The standard InChI is InChI=1S/C10H9BrN4/c11-8-5-7(10(12)13)1-2-9(8)15-4-3-14-6-15/h1-6H,(H3,12,13). The van der Waals surface area contributed by atoms with Gasteiger partial charge < -0.3 is 10.3 Å². The molecule has 1 aromatic carbocycles. The minimum atomic E-state index is 0.0629.